The van der Waals surface area contributed by atoms with E-state index in [1.165, 1.54) is 0 Å². The fourth-order valence-corrected chi connectivity index (χ4v) is 2.69. The van der Waals surface area contributed by atoms with Crippen molar-refractivity contribution < 1.29 is 0 Å². The van der Waals surface area contributed by atoms with Crippen LogP contribution in [0.5, 0.6) is 0 Å². The van der Waals surface area contributed by atoms with Crippen molar-refractivity contribution in [2.45, 2.75) is 19.8 Å². The molecule has 3 rings (SSSR count). The van der Waals surface area contributed by atoms with E-state index in [0.29, 0.717) is 0 Å². The van der Waals surface area contributed by atoms with Crippen molar-refractivity contribution in [2.75, 3.05) is 6.54 Å². The maximum absolute atomic E-state index is 4.71. The summed E-state index contributed by atoms with van der Waals surface area (Å²) >= 11 is 3.40. The van der Waals surface area contributed by atoms with Crippen LogP contribution in [0, 0.1) is 0 Å². The second kappa shape index (κ2) is 8.62. The van der Waals surface area contributed by atoms with Crippen LogP contribution in [0.2, 0.25) is 0 Å². The lowest BCUT2D eigenvalue weighted by atomic mass is 10.2. The highest BCUT2D eigenvalue weighted by atomic mass is 79.9. The Balaban J connectivity index is 1.87. The van der Waals surface area contributed by atoms with E-state index in [4.69, 9.17) is 4.98 Å². The molecule has 0 aliphatic heterocycles. The molecule has 4 nitrogen and oxygen atoms in total. The van der Waals surface area contributed by atoms with Gasteiger partial charge in [0.15, 0.2) is 0 Å². The number of pyridine rings is 3. The second-order valence-electron chi connectivity index (χ2n) is 5.59. The van der Waals surface area contributed by atoms with Gasteiger partial charge in [0.2, 0.25) is 0 Å². The SMILES string of the molecule is CCCCN=Cc1cccc(-c2cccc(-c3cccc(Br)n3)n2)n1. The fourth-order valence-electron chi connectivity index (χ4n) is 2.34. The number of hydrogen-bond donors (Lipinski definition) is 0. The predicted octanol–water partition coefficient (Wildman–Crippen LogP) is 5.19. The van der Waals surface area contributed by atoms with Gasteiger partial charge in [0, 0.05) is 12.8 Å². The van der Waals surface area contributed by atoms with E-state index in [9.17, 15) is 0 Å². The molecule has 3 aromatic rings. The number of hydrogen-bond acceptors (Lipinski definition) is 4. The Hall–Kier alpha value is -2.40. The molecular weight excluding hydrogens is 376 g/mol. The molecule has 126 valence electrons. The van der Waals surface area contributed by atoms with Crippen LogP contribution in [0.4, 0.5) is 0 Å². The van der Waals surface area contributed by atoms with Crippen LogP contribution in [0.15, 0.2) is 64.2 Å². The Morgan fingerprint density at radius 3 is 2.12 bits per heavy atom. The summed E-state index contributed by atoms with van der Waals surface area (Å²) in [5.74, 6) is 0. The first-order valence-corrected chi connectivity index (χ1v) is 9.13. The highest BCUT2D eigenvalue weighted by Gasteiger charge is 2.06. The molecule has 0 aromatic carbocycles. The minimum Gasteiger partial charge on any atom is -0.291 e. The summed E-state index contributed by atoms with van der Waals surface area (Å²) < 4.78 is 0.792. The molecule has 3 aromatic heterocycles. The minimum absolute atomic E-state index is 0.792. The molecule has 0 aliphatic rings. The van der Waals surface area contributed by atoms with E-state index in [-0.39, 0.29) is 0 Å². The summed E-state index contributed by atoms with van der Waals surface area (Å²) in [6.07, 6.45) is 4.07. The smallest absolute Gasteiger partial charge is 0.106 e. The van der Waals surface area contributed by atoms with Crippen molar-refractivity contribution in [3.63, 3.8) is 0 Å². The van der Waals surface area contributed by atoms with Crippen LogP contribution in [-0.4, -0.2) is 27.7 Å². The van der Waals surface area contributed by atoms with Gasteiger partial charge in [0.1, 0.15) is 4.60 Å². The number of nitrogens with zero attached hydrogens (tertiary/aromatic N) is 4. The zero-order valence-corrected chi connectivity index (χ0v) is 15.6. The zero-order valence-electron chi connectivity index (χ0n) is 14.1. The highest BCUT2D eigenvalue weighted by Crippen LogP contribution is 2.21. The quantitative estimate of drug-likeness (QED) is 0.328. The van der Waals surface area contributed by atoms with Crippen LogP contribution in [0.1, 0.15) is 25.5 Å². The summed E-state index contributed by atoms with van der Waals surface area (Å²) in [6.45, 7) is 3.00. The molecule has 0 atom stereocenters. The maximum atomic E-state index is 4.71. The molecule has 5 heteroatoms. The molecule has 0 radical (unpaired) electrons. The second-order valence-corrected chi connectivity index (χ2v) is 6.40. The van der Waals surface area contributed by atoms with Gasteiger partial charge in [0.05, 0.1) is 28.5 Å². The molecule has 0 bridgehead atoms. The first kappa shape index (κ1) is 17.4. The van der Waals surface area contributed by atoms with E-state index in [2.05, 4.69) is 37.8 Å². The van der Waals surface area contributed by atoms with Crippen LogP contribution in [-0.2, 0) is 0 Å². The molecule has 0 saturated heterocycles. The maximum Gasteiger partial charge on any atom is 0.106 e. The average Bonchev–Trinajstić information content (AvgIpc) is 2.66. The van der Waals surface area contributed by atoms with Gasteiger partial charge in [-0.1, -0.05) is 31.5 Å². The van der Waals surface area contributed by atoms with Gasteiger partial charge in [-0.15, -0.1) is 0 Å². The third-order valence-electron chi connectivity index (χ3n) is 3.62. The summed E-state index contributed by atoms with van der Waals surface area (Å²) in [4.78, 5) is 18.3. The highest BCUT2D eigenvalue weighted by molar-refractivity contribution is 9.10. The van der Waals surface area contributed by atoms with Crippen molar-refractivity contribution >= 4 is 22.1 Å². The van der Waals surface area contributed by atoms with Gasteiger partial charge in [-0.2, -0.15) is 0 Å². The third kappa shape index (κ3) is 4.79. The molecule has 0 unspecified atom stereocenters. The number of aliphatic imine (C=N–C) groups is 1. The van der Waals surface area contributed by atoms with Gasteiger partial charge in [-0.3, -0.25) is 4.99 Å². The van der Waals surface area contributed by atoms with Crippen molar-refractivity contribution in [3.8, 4) is 22.8 Å². The molecular formula is C20H19BrN4. The molecule has 0 N–H and O–H groups in total. The van der Waals surface area contributed by atoms with E-state index < -0.39 is 0 Å². The van der Waals surface area contributed by atoms with Crippen LogP contribution in [0.3, 0.4) is 0 Å². The molecule has 25 heavy (non-hydrogen) atoms. The standard InChI is InChI=1S/C20H19BrN4/c1-2-3-13-22-14-15-7-4-8-16(23-15)17-9-5-10-18(24-17)19-11-6-12-20(21)25-19/h4-12,14H,2-3,13H2,1H3. The zero-order chi connectivity index (χ0) is 17.5. The van der Waals surface area contributed by atoms with E-state index in [1.807, 2.05) is 60.8 Å². The van der Waals surface area contributed by atoms with Gasteiger partial charge < -0.3 is 0 Å². The molecule has 0 amide bonds. The summed E-state index contributed by atoms with van der Waals surface area (Å²) in [7, 11) is 0. The number of halogens is 1. The van der Waals surface area contributed by atoms with Gasteiger partial charge in [-0.25, -0.2) is 15.0 Å². The monoisotopic (exact) mass is 394 g/mol. The number of aromatic nitrogens is 3. The van der Waals surface area contributed by atoms with E-state index >= 15 is 0 Å². The normalized spacial score (nSPS) is 11.1. The number of rotatable bonds is 6. The summed E-state index contributed by atoms with van der Waals surface area (Å²) in [6, 6.07) is 17.6. The molecule has 0 aliphatic carbocycles. The molecule has 0 saturated carbocycles. The number of unbranched alkanes of at least 4 members (excludes halogenated alkanes) is 1. The van der Waals surface area contributed by atoms with Crippen molar-refractivity contribution in [1.29, 1.82) is 0 Å². The molecule has 3 heterocycles. The van der Waals surface area contributed by atoms with Crippen molar-refractivity contribution in [2.24, 2.45) is 4.99 Å². The fraction of sp³-hybridized carbons (Fsp3) is 0.200. The Morgan fingerprint density at radius 2 is 1.44 bits per heavy atom. The van der Waals surface area contributed by atoms with Crippen LogP contribution < -0.4 is 0 Å². The van der Waals surface area contributed by atoms with E-state index in [0.717, 1.165) is 52.5 Å². The lowest BCUT2D eigenvalue weighted by Crippen LogP contribution is -1.95. The Bertz CT molecular complexity index is 877. The first-order chi connectivity index (χ1) is 12.3. The molecule has 0 spiro atoms. The lowest BCUT2D eigenvalue weighted by Gasteiger charge is -2.05. The van der Waals surface area contributed by atoms with Gasteiger partial charge in [0.25, 0.3) is 0 Å². The first-order valence-electron chi connectivity index (χ1n) is 8.33. The Morgan fingerprint density at radius 1 is 0.840 bits per heavy atom. The lowest BCUT2D eigenvalue weighted by molar-refractivity contribution is 0.810. The third-order valence-corrected chi connectivity index (χ3v) is 4.07. The molecule has 0 fully saturated rings. The minimum atomic E-state index is 0.792. The van der Waals surface area contributed by atoms with E-state index in [1.54, 1.807) is 0 Å². The summed E-state index contributed by atoms with van der Waals surface area (Å²) in [5.41, 5.74) is 4.15. The van der Waals surface area contributed by atoms with Gasteiger partial charge >= 0.3 is 0 Å². The summed E-state index contributed by atoms with van der Waals surface area (Å²) in [5, 5.41) is 0. The van der Waals surface area contributed by atoms with Crippen LogP contribution >= 0.6 is 15.9 Å². The Kier molecular flexibility index (Phi) is 6.01. The Labute approximate surface area is 156 Å². The van der Waals surface area contributed by atoms with Crippen molar-refractivity contribution in [3.05, 3.63) is 64.9 Å². The predicted molar refractivity (Wildman–Crippen MR) is 106 cm³/mol. The topological polar surface area (TPSA) is 51.0 Å². The van der Waals surface area contributed by atoms with Gasteiger partial charge in [-0.05, 0) is 58.7 Å². The largest absolute Gasteiger partial charge is 0.291 e. The van der Waals surface area contributed by atoms with Crippen molar-refractivity contribution in [1.82, 2.24) is 15.0 Å². The average molecular weight is 395 g/mol. The van der Waals surface area contributed by atoms with Crippen LogP contribution in [0.25, 0.3) is 22.8 Å².